The third kappa shape index (κ3) is 2.88. The van der Waals surface area contributed by atoms with Crippen LogP contribution < -0.4 is 0 Å². The first-order chi connectivity index (χ1) is 9.40. The van der Waals surface area contributed by atoms with Gasteiger partial charge in [-0.2, -0.15) is 0 Å². The predicted molar refractivity (Wildman–Crippen MR) is 73.9 cm³/mol. The van der Waals surface area contributed by atoms with Crippen molar-refractivity contribution in [3.8, 4) is 0 Å². The van der Waals surface area contributed by atoms with E-state index in [-0.39, 0.29) is 28.4 Å². The lowest BCUT2D eigenvalue weighted by atomic mass is 10.1. The third-order valence-electron chi connectivity index (χ3n) is 3.51. The minimum absolute atomic E-state index is 0.00724. The summed E-state index contributed by atoms with van der Waals surface area (Å²) in [6.45, 7) is 3.91. The summed E-state index contributed by atoms with van der Waals surface area (Å²) in [6, 6.07) is 1.42. The average Bonchev–Trinajstić information content (AvgIpc) is 2.41. The number of likely N-dealkylation sites (N-methyl/N-ethyl adjacent to an activating group) is 1. The smallest absolute Gasteiger partial charge is 0.288 e. The zero-order valence-corrected chi connectivity index (χ0v) is 12.0. The summed E-state index contributed by atoms with van der Waals surface area (Å²) in [5.41, 5.74) is -0.155. The zero-order valence-electron chi connectivity index (χ0n) is 11.2. The van der Waals surface area contributed by atoms with Crippen LogP contribution in [0.2, 0.25) is 5.15 Å². The summed E-state index contributed by atoms with van der Waals surface area (Å²) in [4.78, 5) is 30.1. The Balaban J connectivity index is 2.25. The summed E-state index contributed by atoms with van der Waals surface area (Å²) in [5, 5.41) is 10.7. The first-order valence-corrected chi connectivity index (χ1v) is 6.57. The molecule has 0 saturated carbocycles. The first-order valence-electron chi connectivity index (χ1n) is 6.19. The fraction of sp³-hybridized carbons (Fsp3) is 0.500. The molecular formula is C12H15ClN4O3. The van der Waals surface area contributed by atoms with Crippen LogP contribution in [0.3, 0.4) is 0 Å². The van der Waals surface area contributed by atoms with Crippen LogP contribution in [0.15, 0.2) is 12.3 Å². The van der Waals surface area contributed by atoms with Gasteiger partial charge in [0.25, 0.3) is 11.6 Å². The molecule has 1 atom stereocenters. The van der Waals surface area contributed by atoms with E-state index < -0.39 is 4.92 Å². The van der Waals surface area contributed by atoms with E-state index in [9.17, 15) is 14.9 Å². The normalized spacial score (nSPS) is 19.9. The lowest BCUT2D eigenvalue weighted by molar-refractivity contribution is -0.385. The van der Waals surface area contributed by atoms with E-state index in [4.69, 9.17) is 11.6 Å². The maximum Gasteiger partial charge on any atom is 0.288 e. The van der Waals surface area contributed by atoms with Crippen molar-refractivity contribution in [2.24, 2.45) is 0 Å². The van der Waals surface area contributed by atoms with Crippen molar-refractivity contribution in [2.45, 2.75) is 13.0 Å². The number of carbonyl (C=O) groups is 1. The Morgan fingerprint density at radius 2 is 2.25 bits per heavy atom. The molecule has 1 fully saturated rings. The number of halogens is 1. The summed E-state index contributed by atoms with van der Waals surface area (Å²) < 4.78 is 0. The molecule has 2 rings (SSSR count). The molecule has 108 valence electrons. The van der Waals surface area contributed by atoms with Crippen LogP contribution in [0, 0.1) is 10.1 Å². The van der Waals surface area contributed by atoms with Gasteiger partial charge in [-0.25, -0.2) is 4.98 Å². The molecule has 2 heterocycles. The van der Waals surface area contributed by atoms with E-state index in [0.29, 0.717) is 13.1 Å². The number of nitro groups is 1. The molecule has 0 radical (unpaired) electrons. The molecule has 0 spiro atoms. The van der Waals surface area contributed by atoms with Gasteiger partial charge in [0, 0.05) is 31.7 Å². The van der Waals surface area contributed by atoms with Crippen molar-refractivity contribution in [1.82, 2.24) is 14.8 Å². The van der Waals surface area contributed by atoms with Crippen LogP contribution in [-0.4, -0.2) is 58.3 Å². The molecule has 0 aromatic carbocycles. The minimum Gasteiger partial charge on any atom is -0.336 e. The molecule has 1 aromatic heterocycles. The largest absolute Gasteiger partial charge is 0.336 e. The second-order valence-corrected chi connectivity index (χ2v) is 5.23. The molecule has 1 aliphatic rings. The fourth-order valence-electron chi connectivity index (χ4n) is 2.09. The number of pyridine rings is 1. The van der Waals surface area contributed by atoms with Gasteiger partial charge in [0.05, 0.1) is 10.5 Å². The Labute approximate surface area is 121 Å². The van der Waals surface area contributed by atoms with Crippen molar-refractivity contribution >= 4 is 23.2 Å². The summed E-state index contributed by atoms with van der Waals surface area (Å²) in [6.07, 6.45) is 1.05. The highest BCUT2D eigenvalue weighted by molar-refractivity contribution is 6.32. The highest BCUT2D eigenvalue weighted by atomic mass is 35.5. The average molecular weight is 299 g/mol. The van der Waals surface area contributed by atoms with Gasteiger partial charge in [0.1, 0.15) is 11.3 Å². The molecule has 0 bridgehead atoms. The van der Waals surface area contributed by atoms with E-state index in [0.717, 1.165) is 12.7 Å². The lowest BCUT2D eigenvalue weighted by Gasteiger charge is -2.37. The van der Waals surface area contributed by atoms with Gasteiger partial charge in [-0.3, -0.25) is 14.9 Å². The molecule has 1 unspecified atom stereocenters. The summed E-state index contributed by atoms with van der Waals surface area (Å²) in [7, 11) is 1.99. The zero-order chi connectivity index (χ0) is 14.9. The summed E-state index contributed by atoms with van der Waals surface area (Å²) in [5.74, 6) is -0.314. The van der Waals surface area contributed by atoms with Crippen LogP contribution in [0.25, 0.3) is 0 Å². The van der Waals surface area contributed by atoms with Crippen LogP contribution in [0.1, 0.15) is 17.3 Å². The maximum atomic E-state index is 12.4. The van der Waals surface area contributed by atoms with Gasteiger partial charge in [0.15, 0.2) is 0 Å². The van der Waals surface area contributed by atoms with Gasteiger partial charge < -0.3 is 9.80 Å². The first kappa shape index (κ1) is 14.7. The third-order valence-corrected chi connectivity index (χ3v) is 3.81. The van der Waals surface area contributed by atoms with E-state index in [2.05, 4.69) is 9.88 Å². The van der Waals surface area contributed by atoms with E-state index in [1.54, 1.807) is 4.90 Å². The second kappa shape index (κ2) is 5.72. The van der Waals surface area contributed by atoms with Crippen molar-refractivity contribution in [3.05, 3.63) is 33.1 Å². The Kier molecular flexibility index (Phi) is 4.20. The van der Waals surface area contributed by atoms with Crippen molar-refractivity contribution in [3.63, 3.8) is 0 Å². The molecule has 20 heavy (non-hydrogen) atoms. The van der Waals surface area contributed by atoms with Crippen LogP contribution in [0.5, 0.6) is 0 Å². The van der Waals surface area contributed by atoms with Crippen LogP contribution in [0.4, 0.5) is 5.69 Å². The Bertz CT molecular complexity index is 552. The number of piperazine rings is 1. The standard InChI is InChI=1S/C12H15ClN4O3/c1-8-7-16(4-3-15(8)2)12(18)10-5-9(17(19)20)6-14-11(10)13/h5-6,8H,3-4,7H2,1-2H3. The number of nitrogens with zero attached hydrogens (tertiary/aromatic N) is 4. The minimum atomic E-state index is -0.591. The van der Waals surface area contributed by atoms with E-state index in [1.165, 1.54) is 6.07 Å². The predicted octanol–water partition coefficient (Wildman–Crippen LogP) is 1.42. The molecule has 0 N–H and O–H groups in total. The number of carbonyl (C=O) groups excluding carboxylic acids is 1. The van der Waals surface area contributed by atoms with Gasteiger partial charge >= 0.3 is 0 Å². The number of hydrogen-bond acceptors (Lipinski definition) is 5. The maximum absolute atomic E-state index is 12.4. The molecular weight excluding hydrogens is 284 g/mol. The van der Waals surface area contributed by atoms with Crippen molar-refractivity contribution < 1.29 is 9.72 Å². The molecule has 1 saturated heterocycles. The Morgan fingerprint density at radius 3 is 2.85 bits per heavy atom. The van der Waals surface area contributed by atoms with Crippen molar-refractivity contribution in [1.29, 1.82) is 0 Å². The van der Waals surface area contributed by atoms with E-state index >= 15 is 0 Å². The molecule has 1 aromatic rings. The monoisotopic (exact) mass is 298 g/mol. The Hall–Kier alpha value is -1.73. The highest BCUT2D eigenvalue weighted by Gasteiger charge is 2.27. The number of amides is 1. The topological polar surface area (TPSA) is 79.6 Å². The molecule has 1 amide bonds. The van der Waals surface area contributed by atoms with Gasteiger partial charge in [-0.15, -0.1) is 0 Å². The number of aromatic nitrogens is 1. The fourth-order valence-corrected chi connectivity index (χ4v) is 2.27. The molecule has 0 aliphatic carbocycles. The van der Waals surface area contributed by atoms with Gasteiger partial charge in [-0.1, -0.05) is 11.6 Å². The quantitative estimate of drug-likeness (QED) is 0.469. The SMILES string of the molecule is CC1CN(C(=O)c2cc([N+](=O)[O-])cnc2Cl)CCN1C. The molecule has 1 aliphatic heterocycles. The second-order valence-electron chi connectivity index (χ2n) is 4.87. The van der Waals surface area contributed by atoms with E-state index in [1.807, 2.05) is 14.0 Å². The molecule has 7 nitrogen and oxygen atoms in total. The van der Waals surface area contributed by atoms with Gasteiger partial charge in [0.2, 0.25) is 0 Å². The van der Waals surface area contributed by atoms with Crippen LogP contribution in [-0.2, 0) is 0 Å². The van der Waals surface area contributed by atoms with Crippen LogP contribution >= 0.6 is 11.6 Å². The van der Waals surface area contributed by atoms with Gasteiger partial charge in [-0.05, 0) is 14.0 Å². The van der Waals surface area contributed by atoms with Crippen molar-refractivity contribution in [2.75, 3.05) is 26.7 Å². The highest BCUT2D eigenvalue weighted by Crippen LogP contribution is 2.21. The lowest BCUT2D eigenvalue weighted by Crippen LogP contribution is -2.52. The molecule has 8 heteroatoms. The number of hydrogen-bond donors (Lipinski definition) is 0. The summed E-state index contributed by atoms with van der Waals surface area (Å²) >= 11 is 5.89. The Morgan fingerprint density at radius 1 is 1.55 bits per heavy atom. The number of rotatable bonds is 2.